The fraction of sp³-hybridized carbons (Fsp3) is 0.100. The molecule has 16 rings (SSSR count). The molecular formula is C80H62BN3O. The van der Waals surface area contributed by atoms with Gasteiger partial charge in [-0.15, -0.1) is 0 Å². The Morgan fingerprint density at radius 2 is 0.941 bits per heavy atom. The maximum Gasteiger partial charge on any atom is 0.252 e. The molecule has 0 unspecified atom stereocenters. The Morgan fingerprint density at radius 3 is 1.55 bits per heavy atom. The van der Waals surface area contributed by atoms with Crippen molar-refractivity contribution in [1.82, 2.24) is 4.57 Å². The highest BCUT2D eigenvalue weighted by Crippen LogP contribution is 2.54. The van der Waals surface area contributed by atoms with Gasteiger partial charge in [0.25, 0.3) is 6.71 Å². The van der Waals surface area contributed by atoms with E-state index in [1.165, 1.54) is 83.1 Å². The molecule has 406 valence electrons. The first-order chi connectivity index (χ1) is 41.8. The lowest BCUT2D eigenvalue weighted by atomic mass is 9.33. The van der Waals surface area contributed by atoms with Gasteiger partial charge in [0.05, 0.1) is 22.4 Å². The van der Waals surface area contributed by atoms with Gasteiger partial charge < -0.3 is 18.8 Å². The first kappa shape index (κ1) is 50.6. The van der Waals surface area contributed by atoms with Gasteiger partial charge in [-0.05, 0) is 146 Å². The Kier molecular flexibility index (Phi) is 12.0. The summed E-state index contributed by atoms with van der Waals surface area (Å²) in [4.78, 5) is 5.33. The van der Waals surface area contributed by atoms with E-state index in [1.807, 2.05) is 0 Å². The van der Waals surface area contributed by atoms with Crippen LogP contribution in [0.5, 0.6) is 0 Å². The van der Waals surface area contributed by atoms with Crippen molar-refractivity contribution in [3.63, 3.8) is 0 Å². The number of hydrogen-bond donors (Lipinski definition) is 0. The van der Waals surface area contributed by atoms with Crippen molar-refractivity contribution in [2.75, 3.05) is 9.80 Å². The van der Waals surface area contributed by atoms with Crippen molar-refractivity contribution in [3.8, 4) is 50.2 Å². The lowest BCUT2D eigenvalue weighted by Gasteiger charge is -2.46. The van der Waals surface area contributed by atoms with E-state index in [1.54, 1.807) is 0 Å². The van der Waals surface area contributed by atoms with Gasteiger partial charge >= 0.3 is 0 Å². The van der Waals surface area contributed by atoms with Gasteiger partial charge in [0.2, 0.25) is 0 Å². The summed E-state index contributed by atoms with van der Waals surface area (Å²) < 4.78 is 9.54. The van der Waals surface area contributed by atoms with Crippen LogP contribution in [0.1, 0.15) is 51.7 Å². The predicted molar refractivity (Wildman–Crippen MR) is 361 cm³/mol. The van der Waals surface area contributed by atoms with Gasteiger partial charge in [0.15, 0.2) is 0 Å². The molecule has 0 aliphatic carbocycles. The fourth-order valence-electron chi connectivity index (χ4n) is 14.1. The predicted octanol–water partition coefficient (Wildman–Crippen LogP) is 20.1. The SMILES string of the molecule is CCCCc1c(N2c3ccc(-c4ccccc4)cc3B3c4ccc(-n5c6ccccc6c6ccccc65)cc4N(c4c(-c5ccccc5)cc(-c5ccccc5)cc4-c4ccccc4)c4cc(C(C)(C)C)cc2c43)ccc2c1oc1ccccc12. The van der Waals surface area contributed by atoms with Crippen LogP contribution in [0.25, 0.3) is 93.9 Å². The molecule has 0 radical (unpaired) electrons. The molecule has 12 aromatic carbocycles. The molecule has 2 aromatic heterocycles. The van der Waals surface area contributed by atoms with Crippen LogP contribution in [0.15, 0.2) is 271 Å². The highest BCUT2D eigenvalue weighted by molar-refractivity contribution is 7.00. The number of benzene rings is 12. The van der Waals surface area contributed by atoms with Gasteiger partial charge in [0.1, 0.15) is 11.2 Å². The van der Waals surface area contributed by atoms with Crippen molar-refractivity contribution in [1.29, 1.82) is 0 Å². The largest absolute Gasteiger partial charge is 0.456 e. The zero-order valence-corrected chi connectivity index (χ0v) is 48.4. The average molecular weight is 1090 g/mol. The zero-order valence-electron chi connectivity index (χ0n) is 48.4. The maximum atomic E-state index is 7.05. The molecule has 4 heterocycles. The molecule has 0 saturated heterocycles. The molecule has 0 N–H and O–H groups in total. The molecule has 2 aliphatic rings. The average Bonchev–Trinajstić information content (AvgIpc) is 1.52. The molecule has 5 heteroatoms. The first-order valence-electron chi connectivity index (χ1n) is 30.2. The van der Waals surface area contributed by atoms with E-state index in [9.17, 15) is 0 Å². The summed E-state index contributed by atoms with van der Waals surface area (Å²) in [7, 11) is 0. The van der Waals surface area contributed by atoms with Crippen LogP contribution in [0, 0.1) is 0 Å². The van der Waals surface area contributed by atoms with Crippen LogP contribution in [0.2, 0.25) is 0 Å². The van der Waals surface area contributed by atoms with Crippen molar-refractivity contribution < 1.29 is 4.42 Å². The number of para-hydroxylation sites is 3. The van der Waals surface area contributed by atoms with Crippen molar-refractivity contribution >= 4 is 101 Å². The minimum atomic E-state index is -0.254. The van der Waals surface area contributed by atoms with Gasteiger partial charge in [-0.25, -0.2) is 0 Å². The lowest BCUT2D eigenvalue weighted by molar-refractivity contribution is 0.590. The topological polar surface area (TPSA) is 24.6 Å². The van der Waals surface area contributed by atoms with E-state index >= 15 is 0 Å². The summed E-state index contributed by atoms with van der Waals surface area (Å²) in [6.45, 7) is 9.26. The molecule has 0 fully saturated rings. The van der Waals surface area contributed by atoms with E-state index in [4.69, 9.17) is 4.42 Å². The number of nitrogens with zero attached hydrogens (tertiary/aromatic N) is 3. The quantitative estimate of drug-likeness (QED) is 0.128. The van der Waals surface area contributed by atoms with Crippen molar-refractivity contribution in [3.05, 3.63) is 278 Å². The van der Waals surface area contributed by atoms with Crippen LogP contribution in [-0.2, 0) is 11.8 Å². The molecule has 0 bridgehead atoms. The summed E-state index contributed by atoms with van der Waals surface area (Å²) in [6, 6.07) is 99.7. The Labute approximate surface area is 497 Å². The Bertz CT molecular complexity index is 4810. The fourth-order valence-corrected chi connectivity index (χ4v) is 14.1. The second-order valence-corrected chi connectivity index (χ2v) is 24.2. The minimum Gasteiger partial charge on any atom is -0.456 e. The summed E-state index contributed by atoms with van der Waals surface area (Å²) in [5, 5.41) is 4.78. The minimum absolute atomic E-state index is 0.162. The number of fused-ring (bicyclic) bond motifs is 10. The Balaban J connectivity index is 1.08. The summed E-state index contributed by atoms with van der Waals surface area (Å²) in [5.74, 6) is 0. The van der Waals surface area contributed by atoms with Crippen LogP contribution in [0.3, 0.4) is 0 Å². The first-order valence-corrected chi connectivity index (χ1v) is 30.2. The number of aromatic nitrogens is 1. The second kappa shape index (κ2) is 20.1. The number of anilines is 6. The van der Waals surface area contributed by atoms with E-state index in [2.05, 4.69) is 309 Å². The van der Waals surface area contributed by atoms with Gasteiger partial charge in [0, 0.05) is 66.7 Å². The van der Waals surface area contributed by atoms with Crippen LogP contribution < -0.4 is 26.2 Å². The number of furan rings is 1. The third kappa shape index (κ3) is 8.20. The normalized spacial score (nSPS) is 12.8. The molecule has 85 heavy (non-hydrogen) atoms. The molecule has 0 saturated carbocycles. The van der Waals surface area contributed by atoms with Gasteiger partial charge in [-0.1, -0.05) is 228 Å². The number of aryl methyl sites for hydroxylation is 1. The molecular weight excluding hydrogens is 1030 g/mol. The van der Waals surface area contributed by atoms with Crippen LogP contribution in [-0.4, -0.2) is 11.3 Å². The van der Waals surface area contributed by atoms with E-state index in [0.29, 0.717) is 0 Å². The number of unbranched alkanes of at least 4 members (excludes halogenated alkanes) is 1. The van der Waals surface area contributed by atoms with Gasteiger partial charge in [-0.2, -0.15) is 0 Å². The van der Waals surface area contributed by atoms with E-state index in [-0.39, 0.29) is 12.1 Å². The smallest absolute Gasteiger partial charge is 0.252 e. The molecule has 0 spiro atoms. The maximum absolute atomic E-state index is 7.05. The highest BCUT2D eigenvalue weighted by atomic mass is 16.3. The summed E-state index contributed by atoms with van der Waals surface area (Å²) in [5.41, 5.74) is 27.7. The summed E-state index contributed by atoms with van der Waals surface area (Å²) in [6.07, 6.45) is 2.96. The number of rotatable bonds is 10. The zero-order chi connectivity index (χ0) is 56.9. The van der Waals surface area contributed by atoms with E-state index in [0.717, 1.165) is 91.8 Å². The van der Waals surface area contributed by atoms with Crippen molar-refractivity contribution in [2.45, 2.75) is 52.4 Å². The standard InChI is InChI=1S/C80H62BN3O/c1-5-6-33-64-71(45-42-63-62-36-21-24-39-76(62)85-79(63)64)83-72-44-40-56(52-25-11-7-12-26-52)48-68(72)81-67-43-41-59(82-69-37-22-19-34-60(69)61-35-20-23-38-70(61)82)51-73(67)84(75-50-58(80(2,3)4)49-74(83)77(75)81)78-65(54-29-15-9-16-30-54)46-57(53-27-13-8-14-28-53)47-66(78)55-31-17-10-18-32-55/h7-32,34-51H,5-6,33H2,1-4H3. The van der Waals surface area contributed by atoms with E-state index < -0.39 is 0 Å². The Morgan fingerprint density at radius 1 is 0.400 bits per heavy atom. The van der Waals surface area contributed by atoms with Crippen LogP contribution >= 0.6 is 0 Å². The summed E-state index contributed by atoms with van der Waals surface area (Å²) >= 11 is 0. The highest BCUT2D eigenvalue weighted by Gasteiger charge is 2.46. The second-order valence-electron chi connectivity index (χ2n) is 24.2. The Hall–Kier alpha value is -10.1. The monoisotopic (exact) mass is 1090 g/mol. The van der Waals surface area contributed by atoms with Gasteiger partial charge in [-0.3, -0.25) is 0 Å². The molecule has 14 aromatic rings. The third-order valence-corrected chi connectivity index (χ3v) is 18.1. The van der Waals surface area contributed by atoms with Crippen molar-refractivity contribution in [2.24, 2.45) is 0 Å². The molecule has 4 nitrogen and oxygen atoms in total. The third-order valence-electron chi connectivity index (χ3n) is 18.1. The molecule has 0 atom stereocenters. The lowest BCUT2D eigenvalue weighted by Crippen LogP contribution is -2.61. The number of hydrogen-bond acceptors (Lipinski definition) is 3. The molecule has 0 amide bonds. The van der Waals surface area contributed by atoms with Crippen LogP contribution in [0.4, 0.5) is 34.1 Å². The molecule has 2 aliphatic heterocycles.